The molecule has 0 aliphatic rings. The van der Waals surface area contributed by atoms with Crippen LogP contribution in [0.5, 0.6) is 0 Å². The van der Waals surface area contributed by atoms with Crippen molar-refractivity contribution in [3.63, 3.8) is 0 Å². The van der Waals surface area contributed by atoms with Crippen molar-refractivity contribution in [2.24, 2.45) is 0 Å². The van der Waals surface area contributed by atoms with E-state index in [1.807, 2.05) is 66.7 Å². The predicted molar refractivity (Wildman–Crippen MR) is 117 cm³/mol. The second kappa shape index (κ2) is 10.3. The zero-order valence-electron chi connectivity index (χ0n) is 17.1. The summed E-state index contributed by atoms with van der Waals surface area (Å²) >= 11 is 0. The van der Waals surface area contributed by atoms with Crippen molar-refractivity contribution in [2.75, 3.05) is 4.90 Å². The van der Waals surface area contributed by atoms with E-state index in [1.54, 1.807) is 38.1 Å². The van der Waals surface area contributed by atoms with Crippen molar-refractivity contribution in [2.45, 2.75) is 32.5 Å². The summed E-state index contributed by atoms with van der Waals surface area (Å²) in [5, 5.41) is 0. The number of carbonyl (C=O) groups excluding carboxylic acids is 2. The summed E-state index contributed by atoms with van der Waals surface area (Å²) in [7, 11) is 0. The van der Waals surface area contributed by atoms with Crippen LogP contribution >= 0.6 is 0 Å². The number of benzene rings is 3. The first kappa shape index (κ1) is 21.1. The molecule has 0 aliphatic carbocycles. The summed E-state index contributed by atoms with van der Waals surface area (Å²) < 4.78 is 11.1. The zero-order chi connectivity index (χ0) is 21.3. The molecule has 0 saturated heterocycles. The molecule has 154 valence electrons. The summed E-state index contributed by atoms with van der Waals surface area (Å²) in [6.07, 6.45) is -0.934. The highest BCUT2D eigenvalue weighted by Gasteiger charge is 2.23. The molecule has 0 aromatic heterocycles. The van der Waals surface area contributed by atoms with E-state index in [4.69, 9.17) is 9.47 Å². The lowest BCUT2D eigenvalue weighted by Crippen LogP contribution is -2.31. The molecular weight excluding hydrogens is 378 g/mol. The average Bonchev–Trinajstić information content (AvgIpc) is 2.75. The lowest BCUT2D eigenvalue weighted by atomic mass is 10.2. The van der Waals surface area contributed by atoms with Gasteiger partial charge in [-0.05, 0) is 50.2 Å². The second-order valence-corrected chi connectivity index (χ2v) is 7.02. The number of nitrogens with zero attached hydrogens (tertiary/aromatic N) is 1. The largest absolute Gasteiger partial charge is 0.459 e. The van der Waals surface area contributed by atoms with Gasteiger partial charge in [-0.3, -0.25) is 0 Å². The van der Waals surface area contributed by atoms with Gasteiger partial charge in [0, 0.05) is 6.42 Å². The van der Waals surface area contributed by atoms with Gasteiger partial charge in [-0.15, -0.1) is 0 Å². The van der Waals surface area contributed by atoms with E-state index in [9.17, 15) is 9.59 Å². The molecule has 3 rings (SSSR count). The molecule has 0 fully saturated rings. The highest BCUT2D eigenvalue weighted by atomic mass is 16.6. The SMILES string of the molecule is CC(CC(C)OC(=O)N(c1ccccc1)c1ccccc1)OC(=O)c1ccccc1. The van der Waals surface area contributed by atoms with E-state index in [1.165, 1.54) is 4.90 Å². The molecule has 5 nitrogen and oxygen atoms in total. The number of para-hydroxylation sites is 2. The first-order chi connectivity index (χ1) is 14.5. The van der Waals surface area contributed by atoms with Gasteiger partial charge in [-0.2, -0.15) is 0 Å². The van der Waals surface area contributed by atoms with Crippen LogP contribution in [0, 0.1) is 0 Å². The maximum Gasteiger partial charge on any atom is 0.419 e. The molecule has 0 heterocycles. The minimum atomic E-state index is -0.485. The number of ether oxygens (including phenoxy) is 2. The van der Waals surface area contributed by atoms with Crippen LogP contribution in [0.25, 0.3) is 0 Å². The number of hydrogen-bond acceptors (Lipinski definition) is 4. The molecule has 3 aromatic carbocycles. The Morgan fingerprint density at radius 1 is 0.700 bits per heavy atom. The van der Waals surface area contributed by atoms with Crippen molar-refractivity contribution >= 4 is 23.4 Å². The standard InChI is InChI=1S/C25H25NO4/c1-19(29-24(27)21-12-6-3-7-13-21)18-20(2)30-25(28)26(22-14-8-4-9-15-22)23-16-10-5-11-17-23/h3-17,19-20H,18H2,1-2H3. The Kier molecular flexibility index (Phi) is 7.22. The highest BCUT2D eigenvalue weighted by molar-refractivity contribution is 5.96. The summed E-state index contributed by atoms with van der Waals surface area (Å²) in [5.41, 5.74) is 1.92. The molecule has 0 saturated carbocycles. The third-order valence-electron chi connectivity index (χ3n) is 4.49. The molecule has 30 heavy (non-hydrogen) atoms. The van der Waals surface area contributed by atoms with Gasteiger partial charge in [-0.25, -0.2) is 14.5 Å². The number of anilines is 2. The van der Waals surface area contributed by atoms with Gasteiger partial charge < -0.3 is 9.47 Å². The third-order valence-corrected chi connectivity index (χ3v) is 4.49. The van der Waals surface area contributed by atoms with Gasteiger partial charge in [0.05, 0.1) is 16.9 Å². The van der Waals surface area contributed by atoms with Gasteiger partial charge in [0.15, 0.2) is 0 Å². The van der Waals surface area contributed by atoms with Crippen LogP contribution in [0.2, 0.25) is 0 Å². The third kappa shape index (κ3) is 5.70. The van der Waals surface area contributed by atoms with Crippen molar-refractivity contribution in [1.29, 1.82) is 0 Å². The lowest BCUT2D eigenvalue weighted by Gasteiger charge is -2.25. The van der Waals surface area contributed by atoms with E-state index in [-0.39, 0.29) is 0 Å². The molecule has 2 atom stereocenters. The molecule has 5 heteroatoms. The number of hydrogen-bond donors (Lipinski definition) is 0. The summed E-state index contributed by atoms with van der Waals surface area (Å²) in [4.78, 5) is 26.7. The van der Waals surface area contributed by atoms with Crippen molar-refractivity contribution in [1.82, 2.24) is 0 Å². The first-order valence-corrected chi connectivity index (χ1v) is 9.91. The number of esters is 1. The van der Waals surface area contributed by atoms with Gasteiger partial charge in [0.25, 0.3) is 0 Å². The van der Waals surface area contributed by atoms with E-state index in [0.717, 1.165) is 0 Å². The molecule has 3 aromatic rings. The monoisotopic (exact) mass is 403 g/mol. The Morgan fingerprint density at radius 2 is 1.13 bits per heavy atom. The number of rotatable bonds is 7. The Morgan fingerprint density at radius 3 is 1.63 bits per heavy atom. The smallest absolute Gasteiger partial charge is 0.419 e. The fraction of sp³-hybridized carbons (Fsp3) is 0.200. The van der Waals surface area contributed by atoms with Gasteiger partial charge in [0.1, 0.15) is 12.2 Å². The van der Waals surface area contributed by atoms with Crippen molar-refractivity contribution in [3.05, 3.63) is 96.6 Å². The minimum absolute atomic E-state index is 0.391. The summed E-state index contributed by atoms with van der Waals surface area (Å²) in [6.45, 7) is 3.58. The molecular formula is C25H25NO4. The van der Waals surface area contributed by atoms with Gasteiger partial charge in [0.2, 0.25) is 0 Å². The summed E-state index contributed by atoms with van der Waals surface area (Å²) in [6, 6.07) is 27.5. The quantitative estimate of drug-likeness (QED) is 0.455. The van der Waals surface area contributed by atoms with Crippen LogP contribution in [-0.2, 0) is 9.47 Å². The maximum absolute atomic E-state index is 13.0. The lowest BCUT2D eigenvalue weighted by molar-refractivity contribution is 0.0197. The fourth-order valence-electron chi connectivity index (χ4n) is 3.13. The number of amides is 1. The highest BCUT2D eigenvalue weighted by Crippen LogP contribution is 2.26. The Hall–Kier alpha value is -3.60. The van der Waals surface area contributed by atoms with Crippen LogP contribution in [0.3, 0.4) is 0 Å². The molecule has 1 amide bonds. The fourth-order valence-corrected chi connectivity index (χ4v) is 3.13. The molecule has 0 radical (unpaired) electrons. The van der Waals surface area contributed by atoms with E-state index >= 15 is 0 Å². The van der Waals surface area contributed by atoms with Gasteiger partial charge >= 0.3 is 12.1 Å². The normalized spacial score (nSPS) is 12.5. The predicted octanol–water partition coefficient (Wildman–Crippen LogP) is 5.99. The topological polar surface area (TPSA) is 55.8 Å². The van der Waals surface area contributed by atoms with Gasteiger partial charge in [-0.1, -0.05) is 54.6 Å². The molecule has 0 spiro atoms. The summed E-state index contributed by atoms with van der Waals surface area (Å²) in [5.74, 6) is -0.392. The van der Waals surface area contributed by atoms with E-state index in [0.29, 0.717) is 23.4 Å². The maximum atomic E-state index is 13.0. The van der Waals surface area contributed by atoms with Crippen LogP contribution < -0.4 is 4.90 Å². The Balaban J connectivity index is 1.63. The van der Waals surface area contributed by atoms with Crippen molar-refractivity contribution in [3.8, 4) is 0 Å². The van der Waals surface area contributed by atoms with Crippen molar-refractivity contribution < 1.29 is 19.1 Å². The van der Waals surface area contributed by atoms with E-state index < -0.39 is 24.3 Å². The number of carbonyl (C=O) groups is 2. The average molecular weight is 403 g/mol. The second-order valence-electron chi connectivity index (χ2n) is 7.02. The van der Waals surface area contributed by atoms with Crippen LogP contribution in [0.1, 0.15) is 30.6 Å². The molecule has 0 aliphatic heterocycles. The molecule has 0 bridgehead atoms. The first-order valence-electron chi connectivity index (χ1n) is 9.91. The molecule has 2 unspecified atom stereocenters. The Labute approximate surface area is 176 Å². The zero-order valence-corrected chi connectivity index (χ0v) is 17.1. The Bertz CT molecular complexity index is 905. The van der Waals surface area contributed by atoms with Crippen LogP contribution in [0.4, 0.5) is 16.2 Å². The van der Waals surface area contributed by atoms with Crippen LogP contribution in [-0.4, -0.2) is 24.3 Å². The minimum Gasteiger partial charge on any atom is -0.459 e. The van der Waals surface area contributed by atoms with E-state index in [2.05, 4.69) is 0 Å². The van der Waals surface area contributed by atoms with Crippen LogP contribution in [0.15, 0.2) is 91.0 Å². The molecule has 0 N–H and O–H groups in total.